The maximum Gasteiger partial charge on any atom is 0.270 e. The predicted octanol–water partition coefficient (Wildman–Crippen LogP) is 1.68. The average molecular weight is 261 g/mol. The molecule has 0 N–H and O–H groups in total. The Labute approximate surface area is 108 Å². The molecule has 0 atom stereocenters. The number of aromatic nitrogens is 2. The fraction of sp³-hybridized carbons (Fsp3) is 0.167. The van der Waals surface area contributed by atoms with Gasteiger partial charge < -0.3 is 4.74 Å². The third kappa shape index (κ3) is 3.15. The molecule has 19 heavy (non-hydrogen) atoms. The van der Waals surface area contributed by atoms with Crippen molar-refractivity contribution in [2.45, 2.75) is 6.54 Å². The molecule has 1 aromatic heterocycles. The second kappa shape index (κ2) is 5.76. The standard InChI is InChI=1S/C12H11N3O4/c16-9-10-8-11(15(17)18)2-3-12(10)19-7-6-14-5-1-4-13-14/h1-5,8-9H,6-7H2. The first-order chi connectivity index (χ1) is 9.20. The van der Waals surface area contributed by atoms with Gasteiger partial charge in [-0.15, -0.1) is 0 Å². The highest BCUT2D eigenvalue weighted by atomic mass is 16.6. The van der Waals surface area contributed by atoms with E-state index in [0.29, 0.717) is 25.2 Å². The smallest absolute Gasteiger partial charge is 0.270 e. The quantitative estimate of drug-likeness (QED) is 0.448. The molecule has 0 radical (unpaired) electrons. The van der Waals surface area contributed by atoms with Crippen LogP contribution in [0.1, 0.15) is 10.4 Å². The molecule has 0 aliphatic carbocycles. The predicted molar refractivity (Wildman–Crippen MR) is 66.2 cm³/mol. The molecule has 0 spiro atoms. The molecule has 0 unspecified atom stereocenters. The molecular formula is C12H11N3O4. The molecule has 7 nitrogen and oxygen atoms in total. The number of nitrogens with zero attached hydrogens (tertiary/aromatic N) is 3. The van der Waals surface area contributed by atoms with Crippen LogP contribution in [0.4, 0.5) is 5.69 Å². The number of hydrogen-bond acceptors (Lipinski definition) is 5. The molecule has 1 aromatic carbocycles. The highest BCUT2D eigenvalue weighted by Gasteiger charge is 2.11. The van der Waals surface area contributed by atoms with Crippen LogP contribution >= 0.6 is 0 Å². The van der Waals surface area contributed by atoms with E-state index in [1.54, 1.807) is 23.1 Å². The minimum absolute atomic E-state index is 0.137. The molecule has 0 amide bonds. The van der Waals surface area contributed by atoms with Crippen LogP contribution in [0, 0.1) is 10.1 Å². The molecular weight excluding hydrogens is 250 g/mol. The molecule has 0 aliphatic heterocycles. The highest BCUT2D eigenvalue weighted by Crippen LogP contribution is 2.22. The summed E-state index contributed by atoms with van der Waals surface area (Å²) in [5.41, 5.74) is 0.0243. The number of nitro groups is 1. The lowest BCUT2D eigenvalue weighted by Crippen LogP contribution is -2.09. The van der Waals surface area contributed by atoms with Crippen molar-refractivity contribution >= 4 is 12.0 Å². The molecule has 0 saturated heterocycles. The molecule has 2 aromatic rings. The van der Waals surface area contributed by atoms with E-state index in [1.165, 1.54) is 18.2 Å². The summed E-state index contributed by atoms with van der Waals surface area (Å²) in [6, 6.07) is 5.71. The summed E-state index contributed by atoms with van der Waals surface area (Å²) in [5, 5.41) is 14.6. The summed E-state index contributed by atoms with van der Waals surface area (Å²) in [7, 11) is 0. The van der Waals surface area contributed by atoms with Crippen LogP contribution in [0.25, 0.3) is 0 Å². The fourth-order valence-corrected chi connectivity index (χ4v) is 1.55. The number of nitro benzene ring substituents is 1. The summed E-state index contributed by atoms with van der Waals surface area (Å²) in [6.07, 6.45) is 3.98. The summed E-state index contributed by atoms with van der Waals surface area (Å²) in [6.45, 7) is 0.850. The molecule has 0 fully saturated rings. The van der Waals surface area contributed by atoms with Gasteiger partial charge in [0.05, 0.1) is 17.0 Å². The van der Waals surface area contributed by atoms with Gasteiger partial charge in [0.15, 0.2) is 6.29 Å². The van der Waals surface area contributed by atoms with Gasteiger partial charge in [-0.05, 0) is 12.1 Å². The first kappa shape index (κ1) is 12.7. The Kier molecular flexibility index (Phi) is 3.87. The first-order valence-corrected chi connectivity index (χ1v) is 5.54. The van der Waals surface area contributed by atoms with E-state index in [2.05, 4.69) is 5.10 Å². The SMILES string of the molecule is O=Cc1cc([N+](=O)[O-])ccc1OCCn1cccn1. The summed E-state index contributed by atoms with van der Waals surface area (Å²) in [5.74, 6) is 0.327. The Balaban J connectivity index is 2.03. The van der Waals surface area contributed by atoms with Crippen molar-refractivity contribution in [3.05, 3.63) is 52.3 Å². The molecule has 0 saturated carbocycles. The Bertz CT molecular complexity index is 581. The van der Waals surface area contributed by atoms with Gasteiger partial charge in [0, 0.05) is 24.5 Å². The Morgan fingerprint density at radius 1 is 1.47 bits per heavy atom. The largest absolute Gasteiger partial charge is 0.491 e. The fourth-order valence-electron chi connectivity index (χ4n) is 1.55. The Hall–Kier alpha value is -2.70. The first-order valence-electron chi connectivity index (χ1n) is 5.54. The number of rotatable bonds is 6. The second-order valence-electron chi connectivity index (χ2n) is 3.71. The van der Waals surface area contributed by atoms with Crippen molar-refractivity contribution in [2.24, 2.45) is 0 Å². The van der Waals surface area contributed by atoms with Crippen LogP contribution < -0.4 is 4.74 Å². The van der Waals surface area contributed by atoms with E-state index in [-0.39, 0.29) is 11.3 Å². The maximum atomic E-state index is 10.9. The van der Waals surface area contributed by atoms with E-state index in [1.807, 2.05) is 0 Å². The average Bonchev–Trinajstić information content (AvgIpc) is 2.92. The van der Waals surface area contributed by atoms with Gasteiger partial charge in [-0.1, -0.05) is 0 Å². The number of aldehydes is 1. The van der Waals surface area contributed by atoms with Crippen LogP contribution in [0.5, 0.6) is 5.75 Å². The lowest BCUT2D eigenvalue weighted by atomic mass is 10.2. The van der Waals surface area contributed by atoms with Gasteiger partial charge in [0.1, 0.15) is 12.4 Å². The van der Waals surface area contributed by atoms with Crippen molar-refractivity contribution in [1.29, 1.82) is 0 Å². The molecule has 2 rings (SSSR count). The van der Waals surface area contributed by atoms with E-state index >= 15 is 0 Å². The van der Waals surface area contributed by atoms with E-state index < -0.39 is 4.92 Å². The zero-order valence-corrected chi connectivity index (χ0v) is 9.93. The van der Waals surface area contributed by atoms with Crippen LogP contribution in [-0.2, 0) is 6.54 Å². The zero-order chi connectivity index (χ0) is 13.7. The lowest BCUT2D eigenvalue weighted by molar-refractivity contribution is -0.384. The minimum Gasteiger partial charge on any atom is -0.491 e. The van der Waals surface area contributed by atoms with Gasteiger partial charge in [-0.3, -0.25) is 19.6 Å². The summed E-state index contributed by atoms with van der Waals surface area (Å²) in [4.78, 5) is 20.9. The lowest BCUT2D eigenvalue weighted by Gasteiger charge is -2.08. The molecule has 0 aliphatic rings. The van der Waals surface area contributed by atoms with Gasteiger partial charge in [0.2, 0.25) is 0 Å². The van der Waals surface area contributed by atoms with E-state index in [9.17, 15) is 14.9 Å². The number of benzene rings is 1. The molecule has 98 valence electrons. The Morgan fingerprint density at radius 2 is 2.32 bits per heavy atom. The Morgan fingerprint density at radius 3 is 2.95 bits per heavy atom. The molecule has 1 heterocycles. The van der Waals surface area contributed by atoms with Crippen molar-refractivity contribution in [2.75, 3.05) is 6.61 Å². The van der Waals surface area contributed by atoms with Crippen molar-refractivity contribution in [3.8, 4) is 5.75 Å². The van der Waals surface area contributed by atoms with E-state index in [0.717, 1.165) is 0 Å². The molecule has 0 bridgehead atoms. The molecule has 7 heteroatoms. The van der Waals surface area contributed by atoms with Gasteiger partial charge >= 0.3 is 0 Å². The van der Waals surface area contributed by atoms with Crippen molar-refractivity contribution in [1.82, 2.24) is 9.78 Å². The minimum atomic E-state index is -0.555. The van der Waals surface area contributed by atoms with Crippen LogP contribution in [0.2, 0.25) is 0 Å². The van der Waals surface area contributed by atoms with Gasteiger partial charge in [0.25, 0.3) is 5.69 Å². The van der Waals surface area contributed by atoms with Gasteiger partial charge in [-0.25, -0.2) is 0 Å². The maximum absolute atomic E-state index is 10.9. The third-order valence-electron chi connectivity index (χ3n) is 2.47. The van der Waals surface area contributed by atoms with Crippen molar-refractivity contribution < 1.29 is 14.5 Å². The number of non-ortho nitro benzene ring substituents is 1. The van der Waals surface area contributed by atoms with E-state index in [4.69, 9.17) is 4.74 Å². The normalized spacial score (nSPS) is 10.1. The van der Waals surface area contributed by atoms with Crippen LogP contribution in [-0.4, -0.2) is 27.6 Å². The van der Waals surface area contributed by atoms with Crippen molar-refractivity contribution in [3.63, 3.8) is 0 Å². The van der Waals surface area contributed by atoms with Crippen LogP contribution in [0.3, 0.4) is 0 Å². The number of carbonyl (C=O) groups excluding carboxylic acids is 1. The summed E-state index contributed by atoms with van der Waals surface area (Å²) >= 11 is 0. The van der Waals surface area contributed by atoms with Gasteiger partial charge in [-0.2, -0.15) is 5.10 Å². The zero-order valence-electron chi connectivity index (χ0n) is 9.93. The number of ether oxygens (including phenoxy) is 1. The third-order valence-corrected chi connectivity index (χ3v) is 2.47. The topological polar surface area (TPSA) is 87.3 Å². The number of carbonyl (C=O) groups is 1. The summed E-state index contributed by atoms with van der Waals surface area (Å²) < 4.78 is 7.11. The second-order valence-corrected chi connectivity index (χ2v) is 3.71. The van der Waals surface area contributed by atoms with Crippen LogP contribution in [0.15, 0.2) is 36.7 Å². The monoisotopic (exact) mass is 261 g/mol. The highest BCUT2D eigenvalue weighted by molar-refractivity contribution is 5.80. The number of hydrogen-bond donors (Lipinski definition) is 0.